The average molecular weight is 383 g/mol. The maximum atomic E-state index is 12.0. The van der Waals surface area contributed by atoms with E-state index in [1.807, 2.05) is 12.3 Å². The molecule has 0 radical (unpaired) electrons. The molecule has 0 unspecified atom stereocenters. The van der Waals surface area contributed by atoms with Crippen molar-refractivity contribution in [3.05, 3.63) is 46.3 Å². The first kappa shape index (κ1) is 18.8. The van der Waals surface area contributed by atoms with Crippen LogP contribution in [0.5, 0.6) is 0 Å². The van der Waals surface area contributed by atoms with E-state index >= 15 is 0 Å². The highest BCUT2D eigenvalue weighted by Gasteiger charge is 2.14. The van der Waals surface area contributed by atoms with Crippen molar-refractivity contribution >= 4 is 46.7 Å². The van der Waals surface area contributed by atoms with Gasteiger partial charge in [-0.3, -0.25) is 4.79 Å². The zero-order valence-corrected chi connectivity index (χ0v) is 15.6. The van der Waals surface area contributed by atoms with Crippen LogP contribution in [0, 0.1) is 0 Å². The third-order valence-electron chi connectivity index (χ3n) is 2.91. The minimum Gasteiger partial charge on any atom is -0.452 e. The van der Waals surface area contributed by atoms with Crippen molar-refractivity contribution in [1.29, 1.82) is 0 Å². The summed E-state index contributed by atoms with van der Waals surface area (Å²) in [4.78, 5) is 29.1. The Morgan fingerprint density at radius 2 is 2.21 bits per heavy atom. The van der Waals surface area contributed by atoms with E-state index in [9.17, 15) is 9.59 Å². The Labute approximate surface area is 153 Å². The number of nitrogens with zero attached hydrogens (tertiary/aromatic N) is 1. The molecule has 0 aliphatic rings. The fourth-order valence-electron chi connectivity index (χ4n) is 1.80. The van der Waals surface area contributed by atoms with Crippen LogP contribution in [0.15, 0.2) is 40.9 Å². The molecule has 2 rings (SSSR count). The van der Waals surface area contributed by atoms with Crippen molar-refractivity contribution in [3.8, 4) is 0 Å². The Hall–Kier alpha value is -1.51. The predicted octanol–water partition coefficient (Wildman–Crippen LogP) is 3.07. The topological polar surface area (TPSA) is 68.3 Å². The Morgan fingerprint density at radius 3 is 2.96 bits per heavy atom. The van der Waals surface area contributed by atoms with Crippen molar-refractivity contribution in [1.82, 2.24) is 10.3 Å². The number of thiophene rings is 1. The third-order valence-corrected chi connectivity index (χ3v) is 5.69. The molecule has 0 saturated heterocycles. The predicted molar refractivity (Wildman–Crippen MR) is 99.8 cm³/mol. The lowest BCUT2D eigenvalue weighted by atomic mass is 10.3. The molecule has 24 heavy (non-hydrogen) atoms. The first-order valence-electron chi connectivity index (χ1n) is 7.23. The van der Waals surface area contributed by atoms with Crippen LogP contribution in [-0.4, -0.2) is 42.0 Å². The lowest BCUT2D eigenvalue weighted by molar-refractivity contribution is -0.124. The molecule has 2 aromatic rings. The highest BCUT2D eigenvalue weighted by atomic mass is 32.2. The number of amides is 1. The van der Waals surface area contributed by atoms with Crippen LogP contribution in [0.4, 0.5) is 0 Å². The number of nitrogens with one attached hydrogen (secondary N) is 1. The number of carbonyl (C=O) groups is 2. The van der Waals surface area contributed by atoms with Gasteiger partial charge in [0, 0.05) is 29.1 Å². The van der Waals surface area contributed by atoms with Gasteiger partial charge in [-0.25, -0.2) is 9.78 Å². The molecule has 1 amide bonds. The third kappa shape index (κ3) is 6.18. The summed E-state index contributed by atoms with van der Waals surface area (Å²) in [5.74, 6) is 0.932. The molecule has 0 atom stereocenters. The van der Waals surface area contributed by atoms with E-state index in [1.54, 1.807) is 41.4 Å². The Kier molecular flexibility index (Phi) is 8.14. The quantitative estimate of drug-likeness (QED) is 0.408. The molecule has 5 nitrogen and oxygen atoms in total. The molecule has 8 heteroatoms. The molecule has 0 aliphatic heterocycles. The average Bonchev–Trinajstić information content (AvgIpc) is 3.12. The summed E-state index contributed by atoms with van der Waals surface area (Å²) in [5.41, 5.74) is 0.379. The summed E-state index contributed by atoms with van der Waals surface area (Å²) < 4.78 is 5.04. The number of rotatable bonds is 9. The summed E-state index contributed by atoms with van der Waals surface area (Å²) in [7, 11) is 0. The van der Waals surface area contributed by atoms with Gasteiger partial charge in [-0.2, -0.15) is 11.8 Å². The van der Waals surface area contributed by atoms with E-state index in [0.717, 1.165) is 11.5 Å². The number of esters is 1. The van der Waals surface area contributed by atoms with E-state index < -0.39 is 5.97 Å². The van der Waals surface area contributed by atoms with Gasteiger partial charge in [0.2, 0.25) is 0 Å². The minimum atomic E-state index is -0.533. The number of thioether (sulfide) groups is 2. The van der Waals surface area contributed by atoms with Gasteiger partial charge in [0.05, 0.1) is 5.56 Å². The van der Waals surface area contributed by atoms with Gasteiger partial charge in [-0.1, -0.05) is 6.07 Å². The van der Waals surface area contributed by atoms with Gasteiger partial charge in [0.1, 0.15) is 5.03 Å². The molecule has 1 N–H and O–H groups in total. The second-order valence-electron chi connectivity index (χ2n) is 4.62. The number of carbonyl (C=O) groups excluding carboxylic acids is 2. The second kappa shape index (κ2) is 10.4. The van der Waals surface area contributed by atoms with E-state index in [0.29, 0.717) is 17.1 Å². The first-order valence-corrected chi connectivity index (χ1v) is 10.5. The summed E-state index contributed by atoms with van der Waals surface area (Å²) in [6, 6.07) is 7.43. The van der Waals surface area contributed by atoms with Crippen LogP contribution in [-0.2, 0) is 15.3 Å². The van der Waals surface area contributed by atoms with Gasteiger partial charge < -0.3 is 10.1 Å². The van der Waals surface area contributed by atoms with E-state index in [4.69, 9.17) is 4.74 Å². The Morgan fingerprint density at radius 1 is 1.33 bits per heavy atom. The van der Waals surface area contributed by atoms with Gasteiger partial charge in [-0.15, -0.1) is 23.1 Å². The fraction of sp³-hybridized carbons (Fsp3) is 0.312. The zero-order chi connectivity index (χ0) is 17.2. The number of aromatic nitrogens is 1. The van der Waals surface area contributed by atoms with Crippen molar-refractivity contribution in [2.24, 2.45) is 0 Å². The minimum absolute atomic E-state index is 0.281. The standard InChI is InChI=1S/C16H18N2O3S3/c1-22-15-13(5-2-6-18-15)16(20)21-10-14(19)17-7-9-23-11-12-4-3-8-24-12/h2-6,8H,7,9-11H2,1H3,(H,17,19). The van der Waals surface area contributed by atoms with E-state index in [2.05, 4.69) is 21.7 Å². The molecule has 128 valence electrons. The van der Waals surface area contributed by atoms with E-state index in [1.165, 1.54) is 16.6 Å². The van der Waals surface area contributed by atoms with Crippen LogP contribution < -0.4 is 5.32 Å². The normalized spacial score (nSPS) is 10.4. The Balaban J connectivity index is 1.63. The monoisotopic (exact) mass is 382 g/mol. The van der Waals surface area contributed by atoms with Crippen molar-refractivity contribution in [2.45, 2.75) is 10.8 Å². The SMILES string of the molecule is CSc1ncccc1C(=O)OCC(=O)NCCSCc1cccs1. The van der Waals surface area contributed by atoms with Crippen LogP contribution in [0.2, 0.25) is 0 Å². The summed E-state index contributed by atoms with van der Waals surface area (Å²) in [5, 5.41) is 5.39. The van der Waals surface area contributed by atoms with Gasteiger partial charge in [0.15, 0.2) is 6.61 Å². The van der Waals surface area contributed by atoms with E-state index in [-0.39, 0.29) is 12.5 Å². The molecule has 0 saturated carbocycles. The van der Waals surface area contributed by atoms with Crippen LogP contribution in [0.25, 0.3) is 0 Å². The van der Waals surface area contributed by atoms with Crippen LogP contribution >= 0.6 is 34.9 Å². The molecule has 0 fully saturated rings. The molecule has 2 aromatic heterocycles. The van der Waals surface area contributed by atoms with Crippen LogP contribution in [0.3, 0.4) is 0 Å². The number of pyridine rings is 1. The summed E-state index contributed by atoms with van der Waals surface area (Å²) in [6.07, 6.45) is 3.45. The molecule has 0 aromatic carbocycles. The highest BCUT2D eigenvalue weighted by Crippen LogP contribution is 2.18. The Bertz CT molecular complexity index is 662. The van der Waals surface area contributed by atoms with Gasteiger partial charge in [0.25, 0.3) is 5.91 Å². The maximum absolute atomic E-state index is 12.0. The van der Waals surface area contributed by atoms with Crippen molar-refractivity contribution < 1.29 is 14.3 Å². The molecule has 0 aliphatic carbocycles. The highest BCUT2D eigenvalue weighted by molar-refractivity contribution is 7.98. The molecule has 0 spiro atoms. The number of hydrogen-bond donors (Lipinski definition) is 1. The lowest BCUT2D eigenvalue weighted by Gasteiger charge is -2.08. The summed E-state index contributed by atoms with van der Waals surface area (Å²) in [6.45, 7) is 0.270. The number of hydrogen-bond acceptors (Lipinski definition) is 7. The molecular formula is C16H18N2O3S3. The van der Waals surface area contributed by atoms with Gasteiger partial charge >= 0.3 is 5.97 Å². The fourth-order valence-corrected chi connectivity index (χ4v) is 4.04. The molecule has 0 bridgehead atoms. The van der Waals surface area contributed by atoms with Gasteiger partial charge in [-0.05, 0) is 29.8 Å². The molecule has 2 heterocycles. The van der Waals surface area contributed by atoms with Crippen LogP contribution in [0.1, 0.15) is 15.2 Å². The second-order valence-corrected chi connectivity index (χ2v) is 7.55. The number of ether oxygens (including phenoxy) is 1. The smallest absolute Gasteiger partial charge is 0.341 e. The summed E-state index contributed by atoms with van der Waals surface area (Å²) >= 11 is 4.84. The largest absolute Gasteiger partial charge is 0.452 e. The van der Waals surface area contributed by atoms with Crippen molar-refractivity contribution in [3.63, 3.8) is 0 Å². The van der Waals surface area contributed by atoms with Crippen molar-refractivity contribution in [2.75, 3.05) is 25.2 Å². The maximum Gasteiger partial charge on any atom is 0.341 e. The lowest BCUT2D eigenvalue weighted by Crippen LogP contribution is -2.30. The molecular weight excluding hydrogens is 364 g/mol. The first-order chi connectivity index (χ1) is 11.7. The zero-order valence-electron chi connectivity index (χ0n) is 13.2.